The Morgan fingerprint density at radius 1 is 0.971 bits per heavy atom. The summed E-state index contributed by atoms with van der Waals surface area (Å²) in [5, 5.41) is 2.92. The molecule has 7 nitrogen and oxygen atoms in total. The van der Waals surface area contributed by atoms with Crippen molar-refractivity contribution >= 4 is 27.5 Å². The maximum absolute atomic E-state index is 13.6. The molecule has 0 fully saturated rings. The molecule has 1 atom stereocenters. The molecule has 34 heavy (non-hydrogen) atoms. The number of hydrogen-bond donors (Lipinski definition) is 1. The van der Waals surface area contributed by atoms with Crippen molar-refractivity contribution in [1.82, 2.24) is 10.2 Å². The average Bonchev–Trinajstić information content (AvgIpc) is 2.70. The van der Waals surface area contributed by atoms with Gasteiger partial charge in [-0.1, -0.05) is 42.0 Å². The van der Waals surface area contributed by atoms with Crippen LogP contribution in [0.5, 0.6) is 0 Å². The number of anilines is 1. The van der Waals surface area contributed by atoms with Crippen LogP contribution in [0.1, 0.15) is 49.9 Å². The summed E-state index contributed by atoms with van der Waals surface area (Å²) >= 11 is 0. The Morgan fingerprint density at radius 3 is 2.06 bits per heavy atom. The first-order valence-electron chi connectivity index (χ1n) is 11.3. The number of sulfonamides is 1. The van der Waals surface area contributed by atoms with E-state index < -0.39 is 34.1 Å². The molecule has 0 aliphatic carbocycles. The molecule has 0 saturated heterocycles. The predicted molar refractivity (Wildman–Crippen MR) is 137 cm³/mol. The van der Waals surface area contributed by atoms with Crippen molar-refractivity contribution in [1.29, 1.82) is 0 Å². The minimum Gasteiger partial charge on any atom is -0.350 e. The normalized spacial score (nSPS) is 12.7. The summed E-state index contributed by atoms with van der Waals surface area (Å²) in [5.74, 6) is -0.755. The molecule has 2 rings (SSSR count). The summed E-state index contributed by atoms with van der Waals surface area (Å²) < 4.78 is 26.6. The van der Waals surface area contributed by atoms with Crippen molar-refractivity contribution in [3.63, 3.8) is 0 Å². The Balaban J connectivity index is 2.44. The third-order valence-corrected chi connectivity index (χ3v) is 6.58. The number of rotatable bonds is 8. The second-order valence-electron chi connectivity index (χ2n) is 9.98. The van der Waals surface area contributed by atoms with Crippen LogP contribution in [0.15, 0.2) is 42.5 Å². The van der Waals surface area contributed by atoms with Gasteiger partial charge in [-0.2, -0.15) is 0 Å². The van der Waals surface area contributed by atoms with Gasteiger partial charge in [-0.15, -0.1) is 0 Å². The van der Waals surface area contributed by atoms with Gasteiger partial charge in [0.05, 0.1) is 11.9 Å². The Bertz CT molecular complexity index is 1140. The van der Waals surface area contributed by atoms with Gasteiger partial charge in [-0.25, -0.2) is 8.42 Å². The zero-order chi connectivity index (χ0) is 25.8. The minimum absolute atomic E-state index is 0.183. The van der Waals surface area contributed by atoms with Crippen molar-refractivity contribution in [3.8, 4) is 0 Å². The van der Waals surface area contributed by atoms with E-state index in [2.05, 4.69) is 5.32 Å². The van der Waals surface area contributed by atoms with E-state index in [-0.39, 0.29) is 12.5 Å². The van der Waals surface area contributed by atoms with Crippen LogP contribution in [-0.4, -0.2) is 49.5 Å². The molecule has 0 aliphatic heterocycles. The smallest absolute Gasteiger partial charge is 0.244 e. The summed E-state index contributed by atoms with van der Waals surface area (Å²) in [4.78, 5) is 28.0. The van der Waals surface area contributed by atoms with Crippen molar-refractivity contribution in [2.24, 2.45) is 0 Å². The van der Waals surface area contributed by atoms with Crippen molar-refractivity contribution in [3.05, 3.63) is 64.7 Å². The lowest BCUT2D eigenvalue weighted by molar-refractivity contribution is -0.140. The second-order valence-corrected chi connectivity index (χ2v) is 11.9. The van der Waals surface area contributed by atoms with Gasteiger partial charge in [0.25, 0.3) is 0 Å². The zero-order valence-corrected chi connectivity index (χ0v) is 22.3. The lowest BCUT2D eigenvalue weighted by Crippen LogP contribution is -2.54. The molecule has 0 aromatic heterocycles. The zero-order valence-electron chi connectivity index (χ0n) is 21.5. The number of nitrogens with zero attached hydrogens (tertiary/aromatic N) is 2. The topological polar surface area (TPSA) is 86.8 Å². The Labute approximate surface area is 204 Å². The van der Waals surface area contributed by atoms with E-state index in [9.17, 15) is 18.0 Å². The Morgan fingerprint density at radius 2 is 1.53 bits per heavy atom. The molecule has 0 saturated carbocycles. The van der Waals surface area contributed by atoms with Crippen LogP contribution in [0.3, 0.4) is 0 Å². The first-order valence-corrected chi connectivity index (χ1v) is 13.2. The van der Waals surface area contributed by atoms with E-state index in [1.165, 1.54) is 4.90 Å². The third kappa shape index (κ3) is 7.58. The predicted octanol–water partition coefficient (Wildman–Crippen LogP) is 3.71. The molecular formula is C26H37N3O4S. The van der Waals surface area contributed by atoms with Crippen LogP contribution in [-0.2, 0) is 26.2 Å². The summed E-state index contributed by atoms with van der Waals surface area (Å²) in [6.45, 7) is 12.7. The summed E-state index contributed by atoms with van der Waals surface area (Å²) in [7, 11) is -3.75. The Kier molecular flexibility index (Phi) is 8.53. The van der Waals surface area contributed by atoms with Gasteiger partial charge in [-0.05, 0) is 71.2 Å². The molecule has 8 heteroatoms. The maximum Gasteiger partial charge on any atom is 0.244 e. The summed E-state index contributed by atoms with van der Waals surface area (Å²) in [6.07, 6.45) is 1.09. The Hall–Kier alpha value is -2.87. The quantitative estimate of drug-likeness (QED) is 0.615. The van der Waals surface area contributed by atoms with Crippen LogP contribution in [0.4, 0.5) is 5.69 Å². The number of nitrogens with one attached hydrogen (secondary N) is 1. The maximum atomic E-state index is 13.6. The molecule has 2 aromatic rings. The van der Waals surface area contributed by atoms with E-state index in [1.807, 2.05) is 71.0 Å². The van der Waals surface area contributed by atoms with E-state index >= 15 is 0 Å². The van der Waals surface area contributed by atoms with Crippen molar-refractivity contribution in [2.75, 3.05) is 17.1 Å². The fourth-order valence-corrected chi connectivity index (χ4v) is 4.43. The minimum atomic E-state index is -3.75. The van der Waals surface area contributed by atoms with Crippen LogP contribution in [0.2, 0.25) is 0 Å². The van der Waals surface area contributed by atoms with E-state index in [1.54, 1.807) is 19.9 Å². The number of aryl methyl sites for hydroxylation is 3. The molecule has 0 heterocycles. The number of hydrogen-bond acceptors (Lipinski definition) is 4. The van der Waals surface area contributed by atoms with E-state index in [0.717, 1.165) is 32.8 Å². The molecular weight excluding hydrogens is 450 g/mol. The van der Waals surface area contributed by atoms with Gasteiger partial charge in [0, 0.05) is 12.1 Å². The van der Waals surface area contributed by atoms with Crippen LogP contribution in [0, 0.1) is 20.8 Å². The first-order chi connectivity index (χ1) is 15.6. The SMILES string of the molecule is Cc1ccc(CN(C(=O)CN(c2cc(C)ccc2C)S(C)(=O)=O)[C@H](C)C(=O)NC(C)(C)C)cc1. The molecule has 0 bridgehead atoms. The highest BCUT2D eigenvalue weighted by Gasteiger charge is 2.31. The lowest BCUT2D eigenvalue weighted by atomic mass is 10.1. The monoisotopic (exact) mass is 487 g/mol. The lowest BCUT2D eigenvalue weighted by Gasteiger charge is -2.33. The van der Waals surface area contributed by atoms with Crippen molar-refractivity contribution in [2.45, 2.75) is 66.6 Å². The highest BCUT2D eigenvalue weighted by Crippen LogP contribution is 2.24. The van der Waals surface area contributed by atoms with Gasteiger partial charge in [0.15, 0.2) is 0 Å². The second kappa shape index (κ2) is 10.6. The van der Waals surface area contributed by atoms with E-state index in [0.29, 0.717) is 5.69 Å². The fraction of sp³-hybridized carbons (Fsp3) is 0.462. The highest BCUT2D eigenvalue weighted by molar-refractivity contribution is 7.92. The van der Waals surface area contributed by atoms with Gasteiger partial charge >= 0.3 is 0 Å². The summed E-state index contributed by atoms with van der Waals surface area (Å²) in [6, 6.07) is 12.4. The molecule has 1 N–H and O–H groups in total. The number of benzene rings is 2. The highest BCUT2D eigenvalue weighted by atomic mass is 32.2. The number of carbonyl (C=O) groups excluding carboxylic acids is 2. The van der Waals surface area contributed by atoms with Crippen LogP contribution < -0.4 is 9.62 Å². The van der Waals surface area contributed by atoms with Gasteiger partial charge < -0.3 is 10.2 Å². The van der Waals surface area contributed by atoms with Gasteiger partial charge in [-0.3, -0.25) is 13.9 Å². The molecule has 186 valence electrons. The number of carbonyl (C=O) groups is 2. The van der Waals surface area contributed by atoms with Crippen molar-refractivity contribution < 1.29 is 18.0 Å². The molecule has 0 radical (unpaired) electrons. The first kappa shape index (κ1) is 27.4. The van der Waals surface area contributed by atoms with Crippen LogP contribution >= 0.6 is 0 Å². The van der Waals surface area contributed by atoms with Crippen LogP contribution in [0.25, 0.3) is 0 Å². The standard InChI is InChI=1S/C26H37N3O4S/c1-18-10-13-22(14-11-18)16-28(21(4)25(31)27-26(5,6)7)24(30)17-29(34(8,32)33)23-15-19(2)9-12-20(23)3/h9-15,21H,16-17H2,1-8H3,(H,27,31)/t21-/m1/s1. The molecule has 0 unspecified atom stereocenters. The summed E-state index contributed by atoms with van der Waals surface area (Å²) in [5.41, 5.74) is 3.55. The average molecular weight is 488 g/mol. The molecule has 0 aliphatic rings. The largest absolute Gasteiger partial charge is 0.350 e. The molecule has 0 spiro atoms. The number of amides is 2. The van der Waals surface area contributed by atoms with Gasteiger partial charge in [0.2, 0.25) is 21.8 Å². The fourth-order valence-electron chi connectivity index (χ4n) is 3.53. The molecule has 2 amide bonds. The molecule has 2 aromatic carbocycles. The van der Waals surface area contributed by atoms with E-state index in [4.69, 9.17) is 0 Å². The third-order valence-electron chi connectivity index (χ3n) is 5.45. The van der Waals surface area contributed by atoms with Gasteiger partial charge in [0.1, 0.15) is 12.6 Å².